The number of nitrogens with zero attached hydrogens (tertiary/aromatic N) is 5. The van der Waals surface area contributed by atoms with Crippen LogP contribution in [0, 0.1) is 11.8 Å². The molecule has 2 aromatic rings. The van der Waals surface area contributed by atoms with Crippen LogP contribution in [-0.2, 0) is 0 Å². The molecule has 1 aliphatic carbocycles. The van der Waals surface area contributed by atoms with Gasteiger partial charge in [0.2, 0.25) is 0 Å². The first kappa shape index (κ1) is 14.9. The average molecular weight is 338 g/mol. The smallest absolute Gasteiger partial charge is 0.271 e. The van der Waals surface area contributed by atoms with Crippen LogP contribution in [0.15, 0.2) is 24.9 Å². The van der Waals surface area contributed by atoms with Crippen molar-refractivity contribution in [1.82, 2.24) is 24.8 Å². The third kappa shape index (κ3) is 2.58. The maximum absolute atomic E-state index is 12.5. The van der Waals surface area contributed by atoms with E-state index in [4.69, 9.17) is 0 Å². The molecule has 1 amide bonds. The molecule has 2 aliphatic heterocycles. The maximum atomic E-state index is 12.5. The molecule has 0 spiro atoms. The minimum Gasteiger partial charge on any atom is -0.356 e. The Morgan fingerprint density at radius 3 is 2.56 bits per heavy atom. The first-order chi connectivity index (χ1) is 12.3. The zero-order valence-corrected chi connectivity index (χ0v) is 14.1. The predicted octanol–water partition coefficient (Wildman–Crippen LogP) is 1.68. The van der Waals surface area contributed by atoms with Crippen LogP contribution in [0.4, 0.5) is 5.82 Å². The van der Waals surface area contributed by atoms with Gasteiger partial charge in [0, 0.05) is 55.7 Å². The number of H-pyrrole nitrogens is 1. The fraction of sp³-hybridized carbons (Fsp3) is 0.556. The highest BCUT2D eigenvalue weighted by molar-refractivity contribution is 5.92. The van der Waals surface area contributed by atoms with E-state index >= 15 is 0 Å². The first-order valence-corrected chi connectivity index (χ1v) is 9.12. The van der Waals surface area contributed by atoms with Crippen LogP contribution in [0.25, 0.3) is 0 Å². The molecule has 25 heavy (non-hydrogen) atoms. The Morgan fingerprint density at radius 1 is 1.12 bits per heavy atom. The summed E-state index contributed by atoms with van der Waals surface area (Å²) in [5, 5.41) is 0. The van der Waals surface area contributed by atoms with Crippen molar-refractivity contribution in [2.24, 2.45) is 11.8 Å². The van der Waals surface area contributed by atoms with Crippen molar-refractivity contribution in [2.45, 2.75) is 25.2 Å². The van der Waals surface area contributed by atoms with Gasteiger partial charge in [0.15, 0.2) is 0 Å². The van der Waals surface area contributed by atoms with Crippen LogP contribution in [0.3, 0.4) is 0 Å². The van der Waals surface area contributed by atoms with Crippen molar-refractivity contribution in [3.63, 3.8) is 0 Å². The fourth-order valence-corrected chi connectivity index (χ4v) is 4.35. The Morgan fingerprint density at radius 2 is 1.92 bits per heavy atom. The van der Waals surface area contributed by atoms with Gasteiger partial charge in [-0.25, -0.2) is 15.0 Å². The van der Waals surface area contributed by atoms with Crippen LogP contribution in [-0.4, -0.2) is 56.9 Å². The van der Waals surface area contributed by atoms with Gasteiger partial charge in [-0.15, -0.1) is 0 Å². The summed E-state index contributed by atoms with van der Waals surface area (Å²) in [7, 11) is 0. The molecule has 0 bridgehead atoms. The topological polar surface area (TPSA) is 78.0 Å². The fourth-order valence-electron chi connectivity index (χ4n) is 4.35. The normalized spacial score (nSPS) is 25.9. The summed E-state index contributed by atoms with van der Waals surface area (Å²) in [6, 6.07) is 2.18. The van der Waals surface area contributed by atoms with Gasteiger partial charge in [0.25, 0.3) is 5.91 Å². The summed E-state index contributed by atoms with van der Waals surface area (Å²) in [4.78, 5) is 32.6. The standard InChI is InChI=1S/C18H22N6O/c25-18(16-5-19-10-20-16)24-8-13-6-23(7-14(13)9-24)17-4-15(21-11-22-17)12-2-1-3-12/h4-5,10-14H,1-3,6-9H2,(H,19,20). The number of likely N-dealkylation sites (tertiary alicyclic amines) is 1. The van der Waals surface area contributed by atoms with E-state index in [1.54, 1.807) is 18.9 Å². The Hall–Kier alpha value is -2.44. The van der Waals surface area contributed by atoms with Crippen LogP contribution in [0.2, 0.25) is 0 Å². The molecule has 2 unspecified atom stereocenters. The van der Waals surface area contributed by atoms with E-state index in [1.807, 2.05) is 4.90 Å². The van der Waals surface area contributed by atoms with Crippen molar-refractivity contribution in [2.75, 3.05) is 31.1 Å². The van der Waals surface area contributed by atoms with Crippen LogP contribution in [0.5, 0.6) is 0 Å². The van der Waals surface area contributed by atoms with Crippen LogP contribution in [0.1, 0.15) is 41.4 Å². The molecule has 7 heteroatoms. The summed E-state index contributed by atoms with van der Waals surface area (Å²) >= 11 is 0. The van der Waals surface area contributed by atoms with Gasteiger partial charge in [0.1, 0.15) is 17.8 Å². The lowest BCUT2D eigenvalue weighted by atomic mass is 9.83. The highest BCUT2D eigenvalue weighted by Gasteiger charge is 2.42. The summed E-state index contributed by atoms with van der Waals surface area (Å²) < 4.78 is 0. The van der Waals surface area contributed by atoms with Crippen molar-refractivity contribution in [3.05, 3.63) is 36.3 Å². The van der Waals surface area contributed by atoms with Gasteiger partial charge < -0.3 is 14.8 Å². The molecular weight excluding hydrogens is 316 g/mol. The summed E-state index contributed by atoms with van der Waals surface area (Å²) in [6.45, 7) is 3.58. The maximum Gasteiger partial charge on any atom is 0.271 e. The number of aromatic amines is 1. The number of anilines is 1. The van der Waals surface area contributed by atoms with E-state index in [0.717, 1.165) is 32.0 Å². The second-order valence-electron chi connectivity index (χ2n) is 7.53. The number of imidazole rings is 1. The Bertz CT molecular complexity index is 758. The van der Waals surface area contributed by atoms with E-state index in [9.17, 15) is 4.79 Å². The Balaban J connectivity index is 1.26. The van der Waals surface area contributed by atoms with Gasteiger partial charge in [-0.2, -0.15) is 0 Å². The van der Waals surface area contributed by atoms with E-state index in [1.165, 1.54) is 25.0 Å². The third-order valence-electron chi connectivity index (χ3n) is 6.02. The lowest BCUT2D eigenvalue weighted by Gasteiger charge is -2.26. The molecule has 2 saturated heterocycles. The van der Waals surface area contributed by atoms with Gasteiger partial charge in [-0.3, -0.25) is 4.79 Å². The second-order valence-corrected chi connectivity index (χ2v) is 7.53. The van der Waals surface area contributed by atoms with Crippen molar-refractivity contribution >= 4 is 11.7 Å². The summed E-state index contributed by atoms with van der Waals surface area (Å²) in [6.07, 6.45) is 8.70. The van der Waals surface area contributed by atoms with Gasteiger partial charge >= 0.3 is 0 Å². The van der Waals surface area contributed by atoms with Gasteiger partial charge in [0.05, 0.1) is 12.5 Å². The first-order valence-electron chi connectivity index (χ1n) is 9.12. The highest BCUT2D eigenvalue weighted by atomic mass is 16.2. The molecular formula is C18H22N6O. The number of nitrogens with one attached hydrogen (secondary N) is 1. The lowest BCUT2D eigenvalue weighted by Crippen LogP contribution is -2.33. The molecule has 7 nitrogen and oxygen atoms in total. The molecule has 3 fully saturated rings. The SMILES string of the molecule is O=C(c1cnc[nH]1)N1CC2CN(c3cc(C4CCC4)ncn3)CC2C1. The molecule has 130 valence electrons. The molecule has 2 aromatic heterocycles. The third-order valence-corrected chi connectivity index (χ3v) is 6.02. The molecule has 1 saturated carbocycles. The quantitative estimate of drug-likeness (QED) is 0.921. The summed E-state index contributed by atoms with van der Waals surface area (Å²) in [5.74, 6) is 2.79. The van der Waals surface area contributed by atoms with E-state index in [-0.39, 0.29) is 5.91 Å². The number of amides is 1. The van der Waals surface area contributed by atoms with Gasteiger partial charge in [-0.05, 0) is 12.8 Å². The Kier molecular flexibility index (Phi) is 3.46. The number of aromatic nitrogens is 4. The summed E-state index contributed by atoms with van der Waals surface area (Å²) in [5.41, 5.74) is 1.78. The monoisotopic (exact) mass is 338 g/mol. The molecule has 3 aliphatic rings. The number of hydrogen-bond donors (Lipinski definition) is 1. The van der Waals surface area contributed by atoms with E-state index < -0.39 is 0 Å². The number of hydrogen-bond acceptors (Lipinski definition) is 5. The van der Waals surface area contributed by atoms with Gasteiger partial charge in [-0.1, -0.05) is 6.42 Å². The van der Waals surface area contributed by atoms with E-state index in [0.29, 0.717) is 23.4 Å². The molecule has 2 atom stereocenters. The van der Waals surface area contributed by atoms with Crippen molar-refractivity contribution < 1.29 is 4.79 Å². The second kappa shape index (κ2) is 5.82. The predicted molar refractivity (Wildman–Crippen MR) is 92.3 cm³/mol. The zero-order valence-electron chi connectivity index (χ0n) is 14.1. The lowest BCUT2D eigenvalue weighted by molar-refractivity contribution is 0.0777. The number of carbonyl (C=O) groups is 1. The molecule has 5 rings (SSSR count). The number of carbonyl (C=O) groups excluding carboxylic acids is 1. The zero-order chi connectivity index (χ0) is 16.8. The van der Waals surface area contributed by atoms with Crippen molar-refractivity contribution in [1.29, 1.82) is 0 Å². The van der Waals surface area contributed by atoms with Crippen LogP contribution < -0.4 is 4.90 Å². The number of fused-ring (bicyclic) bond motifs is 1. The minimum absolute atomic E-state index is 0.0627. The van der Waals surface area contributed by atoms with E-state index in [2.05, 4.69) is 30.9 Å². The average Bonchev–Trinajstić information content (AvgIpc) is 3.28. The molecule has 4 heterocycles. The highest BCUT2D eigenvalue weighted by Crippen LogP contribution is 2.37. The Labute approximate surface area is 146 Å². The largest absolute Gasteiger partial charge is 0.356 e. The van der Waals surface area contributed by atoms with Crippen LogP contribution >= 0.6 is 0 Å². The molecule has 0 radical (unpaired) electrons. The number of rotatable bonds is 3. The minimum atomic E-state index is 0.0627. The van der Waals surface area contributed by atoms with Crippen molar-refractivity contribution in [3.8, 4) is 0 Å². The molecule has 1 N–H and O–H groups in total. The molecule has 0 aromatic carbocycles.